The Bertz CT molecular complexity index is 639. The summed E-state index contributed by atoms with van der Waals surface area (Å²) < 4.78 is 0. The number of aromatic nitrogens is 3. The lowest BCUT2D eigenvalue weighted by atomic mass is 9.98. The molecule has 1 heterocycles. The van der Waals surface area contributed by atoms with Crippen LogP contribution >= 0.6 is 0 Å². The fourth-order valence-electron chi connectivity index (χ4n) is 2.48. The van der Waals surface area contributed by atoms with Gasteiger partial charge in [0.1, 0.15) is 0 Å². The average molecular weight is 313 g/mol. The van der Waals surface area contributed by atoms with Crippen LogP contribution in [0, 0.1) is 6.92 Å². The van der Waals surface area contributed by atoms with Crippen LogP contribution in [-0.2, 0) is 0 Å². The van der Waals surface area contributed by atoms with E-state index in [0.29, 0.717) is 11.9 Å². The molecule has 2 rings (SSSR count). The number of benzene rings is 1. The van der Waals surface area contributed by atoms with E-state index in [0.717, 1.165) is 30.9 Å². The first kappa shape index (κ1) is 17.2. The minimum absolute atomic E-state index is 0.443. The monoisotopic (exact) mass is 313 g/mol. The lowest BCUT2D eigenvalue weighted by Gasteiger charge is -2.19. The van der Waals surface area contributed by atoms with Crippen LogP contribution in [0.2, 0.25) is 0 Å². The Morgan fingerprint density at radius 2 is 2.04 bits per heavy atom. The zero-order valence-electron chi connectivity index (χ0n) is 14.8. The molecule has 0 saturated heterocycles. The summed E-state index contributed by atoms with van der Waals surface area (Å²) in [5.74, 6) is 1.83. The fraction of sp³-hybridized carbons (Fsp3) is 0.500. The van der Waals surface area contributed by atoms with Gasteiger partial charge in [-0.1, -0.05) is 45.4 Å². The summed E-state index contributed by atoms with van der Waals surface area (Å²) in [6, 6.07) is 6.36. The molecule has 1 aromatic carbocycles. The van der Waals surface area contributed by atoms with E-state index >= 15 is 0 Å². The maximum Gasteiger partial charge on any atom is 0.247 e. The molecule has 5 nitrogen and oxygen atoms in total. The Labute approximate surface area is 139 Å². The highest BCUT2D eigenvalue weighted by Gasteiger charge is 2.11. The van der Waals surface area contributed by atoms with Gasteiger partial charge in [0.25, 0.3) is 0 Å². The highest BCUT2D eigenvalue weighted by molar-refractivity contribution is 5.65. The van der Waals surface area contributed by atoms with Gasteiger partial charge in [0.15, 0.2) is 5.82 Å². The highest BCUT2D eigenvalue weighted by Crippen LogP contribution is 2.29. The summed E-state index contributed by atoms with van der Waals surface area (Å²) in [5, 5.41) is 11.7. The first-order valence-corrected chi connectivity index (χ1v) is 8.30. The van der Waals surface area contributed by atoms with Gasteiger partial charge >= 0.3 is 0 Å². The molecule has 0 aliphatic rings. The van der Waals surface area contributed by atoms with Crippen LogP contribution in [0.1, 0.15) is 50.7 Å². The molecule has 0 fully saturated rings. The molecule has 1 aromatic heterocycles. The Morgan fingerprint density at radius 3 is 2.74 bits per heavy atom. The maximum absolute atomic E-state index is 4.60. The minimum Gasteiger partial charge on any atom is -0.343 e. The van der Waals surface area contributed by atoms with Crippen molar-refractivity contribution >= 4 is 17.5 Å². The maximum atomic E-state index is 4.60. The lowest BCUT2D eigenvalue weighted by molar-refractivity contribution is 0.741. The topological polar surface area (TPSA) is 53.9 Å². The smallest absolute Gasteiger partial charge is 0.247 e. The third-order valence-corrected chi connectivity index (χ3v) is 3.92. The molecule has 0 unspecified atom stereocenters. The van der Waals surface area contributed by atoms with Gasteiger partial charge in [0.2, 0.25) is 5.95 Å². The quantitative estimate of drug-likeness (QED) is 0.826. The molecule has 1 N–H and O–H groups in total. The van der Waals surface area contributed by atoms with Gasteiger partial charge in [-0.05, 0) is 30.4 Å². The van der Waals surface area contributed by atoms with E-state index < -0.39 is 0 Å². The number of nitrogens with one attached hydrogen (secondary N) is 1. The zero-order chi connectivity index (χ0) is 16.8. The third kappa shape index (κ3) is 4.41. The summed E-state index contributed by atoms with van der Waals surface area (Å²) in [6.45, 7) is 9.61. The van der Waals surface area contributed by atoms with Gasteiger partial charge in [-0.2, -0.15) is 10.1 Å². The Kier molecular flexibility index (Phi) is 5.90. The molecular formula is C18H27N5. The summed E-state index contributed by atoms with van der Waals surface area (Å²) >= 11 is 0. The zero-order valence-corrected chi connectivity index (χ0v) is 14.8. The molecule has 2 aromatic rings. The van der Waals surface area contributed by atoms with Crippen LogP contribution in [-0.4, -0.2) is 28.8 Å². The predicted octanol–water partition coefficient (Wildman–Crippen LogP) is 4.28. The van der Waals surface area contributed by atoms with Crippen molar-refractivity contribution in [2.75, 3.05) is 23.8 Å². The highest BCUT2D eigenvalue weighted by atomic mass is 15.3. The second-order valence-electron chi connectivity index (χ2n) is 6.24. The molecule has 0 radical (unpaired) electrons. The van der Waals surface area contributed by atoms with Crippen molar-refractivity contribution in [1.29, 1.82) is 0 Å². The number of nitrogens with zero attached hydrogens (tertiary/aromatic N) is 4. The first-order valence-electron chi connectivity index (χ1n) is 8.30. The SMILES string of the molecule is CCCCN(C)c1nncc(Nc2c(C)cccc2C(C)C)n1. The van der Waals surface area contributed by atoms with Crippen molar-refractivity contribution in [2.45, 2.75) is 46.5 Å². The normalized spacial score (nSPS) is 10.9. The molecule has 23 heavy (non-hydrogen) atoms. The van der Waals surface area contributed by atoms with Gasteiger partial charge in [0.05, 0.1) is 6.20 Å². The van der Waals surface area contributed by atoms with E-state index in [2.05, 4.69) is 66.4 Å². The van der Waals surface area contributed by atoms with Crippen molar-refractivity contribution in [3.05, 3.63) is 35.5 Å². The van der Waals surface area contributed by atoms with E-state index in [1.165, 1.54) is 11.1 Å². The van der Waals surface area contributed by atoms with E-state index in [1.54, 1.807) is 6.20 Å². The first-order chi connectivity index (χ1) is 11.0. The molecule has 124 valence electrons. The van der Waals surface area contributed by atoms with E-state index in [-0.39, 0.29) is 0 Å². The lowest BCUT2D eigenvalue weighted by Crippen LogP contribution is -2.21. The van der Waals surface area contributed by atoms with E-state index in [4.69, 9.17) is 0 Å². The minimum atomic E-state index is 0.443. The van der Waals surface area contributed by atoms with Gasteiger partial charge in [-0.15, -0.1) is 5.10 Å². The Morgan fingerprint density at radius 1 is 1.26 bits per heavy atom. The number of para-hydroxylation sites is 1. The molecule has 0 saturated carbocycles. The molecule has 0 aliphatic carbocycles. The molecule has 0 spiro atoms. The van der Waals surface area contributed by atoms with E-state index in [9.17, 15) is 0 Å². The van der Waals surface area contributed by atoms with Crippen molar-refractivity contribution < 1.29 is 0 Å². The number of aryl methyl sites for hydroxylation is 1. The molecule has 0 amide bonds. The fourth-order valence-corrected chi connectivity index (χ4v) is 2.48. The van der Waals surface area contributed by atoms with Crippen LogP contribution in [0.3, 0.4) is 0 Å². The van der Waals surface area contributed by atoms with Gasteiger partial charge in [-0.25, -0.2) is 0 Å². The van der Waals surface area contributed by atoms with E-state index in [1.807, 2.05) is 11.9 Å². The summed E-state index contributed by atoms with van der Waals surface area (Å²) in [5.41, 5.74) is 3.60. The van der Waals surface area contributed by atoms with Crippen LogP contribution < -0.4 is 10.2 Å². The largest absolute Gasteiger partial charge is 0.343 e. The summed E-state index contributed by atoms with van der Waals surface area (Å²) in [7, 11) is 2.00. The van der Waals surface area contributed by atoms with Crippen LogP contribution in [0.5, 0.6) is 0 Å². The summed E-state index contributed by atoms with van der Waals surface area (Å²) in [4.78, 5) is 6.65. The number of rotatable bonds is 7. The molecule has 5 heteroatoms. The van der Waals surface area contributed by atoms with Gasteiger partial charge in [-0.3, -0.25) is 0 Å². The molecule has 0 atom stereocenters. The van der Waals surface area contributed by atoms with Crippen molar-refractivity contribution in [3.8, 4) is 0 Å². The molecule has 0 aliphatic heterocycles. The van der Waals surface area contributed by atoms with Crippen LogP contribution in [0.15, 0.2) is 24.4 Å². The van der Waals surface area contributed by atoms with Crippen molar-refractivity contribution in [3.63, 3.8) is 0 Å². The second-order valence-corrected chi connectivity index (χ2v) is 6.24. The standard InChI is InChI=1S/C18H27N5/c1-6-7-11-23(5)18-21-16(12-19-22-18)20-17-14(4)9-8-10-15(17)13(2)3/h8-10,12-13H,6-7,11H2,1-5H3,(H,20,21,22). The predicted molar refractivity (Wildman–Crippen MR) is 96.6 cm³/mol. The van der Waals surface area contributed by atoms with Gasteiger partial charge in [0, 0.05) is 19.3 Å². The number of unbranched alkanes of at least 4 members (excludes halogenated alkanes) is 1. The molecule has 0 bridgehead atoms. The molecular weight excluding hydrogens is 286 g/mol. The Balaban J connectivity index is 2.24. The average Bonchev–Trinajstić information content (AvgIpc) is 2.54. The number of hydrogen-bond donors (Lipinski definition) is 1. The third-order valence-electron chi connectivity index (χ3n) is 3.92. The number of anilines is 3. The number of hydrogen-bond acceptors (Lipinski definition) is 5. The summed E-state index contributed by atoms with van der Waals surface area (Å²) in [6.07, 6.45) is 3.94. The van der Waals surface area contributed by atoms with Crippen LogP contribution in [0.4, 0.5) is 17.5 Å². The van der Waals surface area contributed by atoms with Crippen LogP contribution in [0.25, 0.3) is 0 Å². The van der Waals surface area contributed by atoms with Crippen molar-refractivity contribution in [2.24, 2.45) is 0 Å². The second kappa shape index (κ2) is 7.90. The van der Waals surface area contributed by atoms with Crippen molar-refractivity contribution in [1.82, 2.24) is 15.2 Å². The Hall–Kier alpha value is -2.17. The van der Waals surface area contributed by atoms with Gasteiger partial charge < -0.3 is 10.2 Å².